The van der Waals surface area contributed by atoms with Gasteiger partial charge in [0.15, 0.2) is 0 Å². The molecule has 0 spiro atoms. The van der Waals surface area contributed by atoms with Crippen LogP contribution in [0, 0.1) is 0 Å². The van der Waals surface area contributed by atoms with Crippen molar-refractivity contribution in [3.05, 3.63) is 85.6 Å². The number of carbonyl (C=O) groups excluding carboxylic acids is 1. The molecule has 3 aromatic carbocycles. The smallest absolute Gasteiger partial charge is 0.247 e. The zero-order chi connectivity index (χ0) is 22.3. The lowest BCUT2D eigenvalue weighted by molar-refractivity contribution is -0.111. The highest BCUT2D eigenvalue weighted by Crippen LogP contribution is 2.30. The van der Waals surface area contributed by atoms with Crippen LogP contribution in [-0.4, -0.2) is 34.2 Å². The summed E-state index contributed by atoms with van der Waals surface area (Å²) in [7, 11) is 0. The Balaban J connectivity index is 1.63. The molecule has 7 heteroatoms. The van der Waals surface area contributed by atoms with Gasteiger partial charge in [0.25, 0.3) is 0 Å². The van der Waals surface area contributed by atoms with Gasteiger partial charge in [-0.1, -0.05) is 36.9 Å². The van der Waals surface area contributed by atoms with E-state index in [1.807, 2.05) is 66.7 Å². The van der Waals surface area contributed by atoms with Crippen LogP contribution in [0.2, 0.25) is 0 Å². The summed E-state index contributed by atoms with van der Waals surface area (Å²) in [5, 5.41) is 15.8. The lowest BCUT2D eigenvalue weighted by atomic mass is 10.0. The van der Waals surface area contributed by atoms with Crippen LogP contribution in [0.3, 0.4) is 0 Å². The number of hydrogen-bond acceptors (Lipinski definition) is 6. The average Bonchev–Trinajstić information content (AvgIpc) is 2.83. The second-order valence-electron chi connectivity index (χ2n) is 6.93. The Kier molecular flexibility index (Phi) is 6.38. The van der Waals surface area contributed by atoms with E-state index < -0.39 is 0 Å². The van der Waals surface area contributed by atoms with Gasteiger partial charge in [-0.3, -0.25) is 4.79 Å². The van der Waals surface area contributed by atoms with Crippen LogP contribution >= 0.6 is 0 Å². The quantitative estimate of drug-likeness (QED) is 0.358. The van der Waals surface area contributed by atoms with Crippen molar-refractivity contribution in [2.45, 2.75) is 0 Å². The van der Waals surface area contributed by atoms with E-state index in [4.69, 9.17) is 14.8 Å². The van der Waals surface area contributed by atoms with Crippen LogP contribution in [0.4, 0.5) is 17.3 Å². The van der Waals surface area contributed by atoms with Gasteiger partial charge in [0.05, 0.1) is 12.1 Å². The van der Waals surface area contributed by atoms with Gasteiger partial charge in [0, 0.05) is 28.5 Å². The number of para-hydroxylation sites is 1. The number of benzene rings is 3. The Bertz CT molecular complexity index is 1260. The first-order chi connectivity index (χ1) is 15.7. The minimum Gasteiger partial charge on any atom is -0.491 e. The van der Waals surface area contributed by atoms with Crippen LogP contribution in [0.25, 0.3) is 22.0 Å². The van der Waals surface area contributed by atoms with Crippen molar-refractivity contribution in [1.82, 2.24) is 9.97 Å². The Morgan fingerprint density at radius 2 is 1.88 bits per heavy atom. The second kappa shape index (κ2) is 9.72. The molecule has 0 bridgehead atoms. The van der Waals surface area contributed by atoms with Crippen molar-refractivity contribution in [2.75, 3.05) is 23.8 Å². The molecule has 160 valence electrons. The molecule has 0 aliphatic rings. The standard InChI is InChI=1S/C25H22N4O3/c1-2-23(31)27-20-7-3-5-17(15-20)22-8-4-6-18-16-26-25(29-24(18)22)28-19-9-11-21(12-10-19)32-14-13-30/h2-12,15-16,30H,1,13-14H2,(H,27,31)(H,26,28,29). The summed E-state index contributed by atoms with van der Waals surface area (Å²) in [5.74, 6) is 0.876. The highest BCUT2D eigenvalue weighted by Gasteiger charge is 2.09. The third-order valence-electron chi connectivity index (χ3n) is 4.71. The van der Waals surface area contributed by atoms with E-state index in [9.17, 15) is 4.79 Å². The molecule has 0 aliphatic carbocycles. The molecular weight excluding hydrogens is 404 g/mol. The number of fused-ring (bicyclic) bond motifs is 1. The normalized spacial score (nSPS) is 10.5. The summed E-state index contributed by atoms with van der Waals surface area (Å²) in [6, 6.07) is 20.8. The maximum atomic E-state index is 11.7. The van der Waals surface area contributed by atoms with E-state index >= 15 is 0 Å². The van der Waals surface area contributed by atoms with Crippen LogP contribution in [-0.2, 0) is 4.79 Å². The number of nitrogens with one attached hydrogen (secondary N) is 2. The van der Waals surface area contributed by atoms with Gasteiger partial charge in [-0.15, -0.1) is 0 Å². The predicted octanol–water partition coefficient (Wildman–Crippen LogP) is 4.54. The Morgan fingerprint density at radius 1 is 1.06 bits per heavy atom. The molecule has 3 N–H and O–H groups in total. The van der Waals surface area contributed by atoms with E-state index in [0.717, 1.165) is 27.7 Å². The van der Waals surface area contributed by atoms with Gasteiger partial charge in [0.2, 0.25) is 11.9 Å². The zero-order valence-electron chi connectivity index (χ0n) is 17.3. The molecule has 0 fully saturated rings. The van der Waals surface area contributed by atoms with Crippen molar-refractivity contribution < 1.29 is 14.6 Å². The lowest BCUT2D eigenvalue weighted by Crippen LogP contribution is -2.07. The van der Waals surface area contributed by atoms with Crippen LogP contribution < -0.4 is 15.4 Å². The van der Waals surface area contributed by atoms with Gasteiger partial charge in [-0.2, -0.15) is 0 Å². The number of aliphatic hydroxyl groups excluding tert-OH is 1. The van der Waals surface area contributed by atoms with Gasteiger partial charge in [-0.25, -0.2) is 9.97 Å². The van der Waals surface area contributed by atoms with Crippen LogP contribution in [0.5, 0.6) is 5.75 Å². The van der Waals surface area contributed by atoms with Gasteiger partial charge in [0.1, 0.15) is 12.4 Å². The van der Waals surface area contributed by atoms with Gasteiger partial charge in [-0.05, 0) is 48.0 Å². The van der Waals surface area contributed by atoms with Crippen LogP contribution in [0.15, 0.2) is 85.6 Å². The fourth-order valence-corrected chi connectivity index (χ4v) is 3.23. The highest BCUT2D eigenvalue weighted by atomic mass is 16.5. The minimum absolute atomic E-state index is 0.0310. The number of carbonyl (C=O) groups is 1. The minimum atomic E-state index is -0.262. The number of aliphatic hydroxyl groups is 1. The highest BCUT2D eigenvalue weighted by molar-refractivity contribution is 6.00. The number of amides is 1. The largest absolute Gasteiger partial charge is 0.491 e. The van der Waals surface area contributed by atoms with Gasteiger partial charge >= 0.3 is 0 Å². The van der Waals surface area contributed by atoms with E-state index in [-0.39, 0.29) is 19.1 Å². The number of nitrogens with zero attached hydrogens (tertiary/aromatic N) is 2. The summed E-state index contributed by atoms with van der Waals surface area (Å²) in [6.07, 6.45) is 3.01. The van der Waals surface area contributed by atoms with E-state index in [0.29, 0.717) is 17.4 Å². The van der Waals surface area contributed by atoms with Crippen LogP contribution in [0.1, 0.15) is 0 Å². The van der Waals surface area contributed by atoms with Crippen molar-refractivity contribution >= 4 is 34.1 Å². The topological polar surface area (TPSA) is 96.4 Å². The third-order valence-corrected chi connectivity index (χ3v) is 4.71. The summed E-state index contributed by atoms with van der Waals surface area (Å²) in [4.78, 5) is 20.8. The first-order valence-corrected chi connectivity index (χ1v) is 10.1. The Morgan fingerprint density at radius 3 is 2.66 bits per heavy atom. The Labute approximate surface area is 185 Å². The molecule has 0 radical (unpaired) electrons. The molecule has 7 nitrogen and oxygen atoms in total. The maximum absolute atomic E-state index is 11.7. The molecule has 0 aliphatic heterocycles. The first-order valence-electron chi connectivity index (χ1n) is 10.1. The number of hydrogen-bond donors (Lipinski definition) is 3. The molecule has 1 aromatic heterocycles. The maximum Gasteiger partial charge on any atom is 0.247 e. The molecule has 4 aromatic rings. The summed E-state index contributed by atoms with van der Waals surface area (Å²) in [6.45, 7) is 3.71. The zero-order valence-corrected chi connectivity index (χ0v) is 17.3. The molecule has 0 atom stereocenters. The van der Waals surface area contributed by atoms with Gasteiger partial charge < -0.3 is 20.5 Å². The van der Waals surface area contributed by atoms with Crippen molar-refractivity contribution in [2.24, 2.45) is 0 Å². The number of aromatic nitrogens is 2. The summed E-state index contributed by atoms with van der Waals surface area (Å²) >= 11 is 0. The third kappa shape index (κ3) is 4.91. The van der Waals surface area contributed by atoms with E-state index in [1.54, 1.807) is 6.20 Å². The summed E-state index contributed by atoms with van der Waals surface area (Å²) < 4.78 is 5.38. The van der Waals surface area contributed by atoms with Crippen molar-refractivity contribution in [1.29, 1.82) is 0 Å². The number of anilines is 3. The molecule has 32 heavy (non-hydrogen) atoms. The monoisotopic (exact) mass is 426 g/mol. The van der Waals surface area contributed by atoms with E-state index in [2.05, 4.69) is 22.2 Å². The summed E-state index contributed by atoms with van der Waals surface area (Å²) in [5.41, 5.74) is 4.13. The molecule has 0 saturated heterocycles. The Hall–Kier alpha value is -4.23. The molecular formula is C25H22N4O3. The fraction of sp³-hybridized carbons (Fsp3) is 0.0800. The molecule has 1 amide bonds. The molecule has 0 unspecified atom stereocenters. The molecule has 1 heterocycles. The predicted molar refractivity (Wildman–Crippen MR) is 126 cm³/mol. The molecule has 0 saturated carbocycles. The average molecular weight is 426 g/mol. The first kappa shape index (κ1) is 21.0. The second-order valence-corrected chi connectivity index (χ2v) is 6.93. The van der Waals surface area contributed by atoms with E-state index in [1.165, 1.54) is 6.08 Å². The fourth-order valence-electron chi connectivity index (χ4n) is 3.23. The molecule has 4 rings (SSSR count). The number of rotatable bonds is 8. The van der Waals surface area contributed by atoms with Crippen molar-refractivity contribution in [3.63, 3.8) is 0 Å². The lowest BCUT2D eigenvalue weighted by Gasteiger charge is -2.11. The number of ether oxygens (including phenoxy) is 1. The van der Waals surface area contributed by atoms with Crippen molar-refractivity contribution in [3.8, 4) is 16.9 Å². The SMILES string of the molecule is C=CC(=O)Nc1cccc(-c2cccc3cnc(Nc4ccc(OCCO)cc4)nc23)c1.